The Hall–Kier alpha value is -4.68. The largest absolute Gasteiger partial charge is 0.389 e. The zero-order valence-corrected chi connectivity index (χ0v) is 22.2. The number of benzene rings is 3. The average Bonchev–Trinajstić information content (AvgIpc) is 3.30. The zero-order valence-electron chi connectivity index (χ0n) is 22.2. The normalized spacial score (nSPS) is 13.8. The lowest BCUT2D eigenvalue weighted by Gasteiger charge is -2.16. The first-order valence-electron chi connectivity index (χ1n) is 13.4. The van der Waals surface area contributed by atoms with Crippen molar-refractivity contribution in [2.45, 2.75) is 32.3 Å². The third-order valence-corrected chi connectivity index (χ3v) is 7.16. The van der Waals surface area contributed by atoms with E-state index in [1.54, 1.807) is 17.7 Å². The smallest absolute Gasteiger partial charge is 0.123 e. The molecular weight excluding hydrogens is 499 g/mol. The predicted octanol–water partition coefficient (Wildman–Crippen LogP) is 7.09. The maximum absolute atomic E-state index is 14.0. The molecule has 0 amide bonds. The monoisotopic (exact) mass is 528 g/mol. The lowest BCUT2D eigenvalue weighted by atomic mass is 9.94. The molecule has 1 atom stereocenters. The van der Waals surface area contributed by atoms with Crippen LogP contribution in [0, 0.1) is 5.82 Å². The third-order valence-electron chi connectivity index (χ3n) is 7.16. The summed E-state index contributed by atoms with van der Waals surface area (Å²) in [5.74, 6) is -0.359. The molecule has 0 aliphatic heterocycles. The third kappa shape index (κ3) is 5.53. The molecule has 0 saturated carbocycles. The topological polar surface area (TPSA) is 63.8 Å². The van der Waals surface area contributed by atoms with E-state index in [4.69, 9.17) is 4.98 Å². The number of aliphatic hydroxyl groups is 1. The van der Waals surface area contributed by atoms with Gasteiger partial charge in [0, 0.05) is 23.1 Å². The minimum absolute atomic E-state index is 0.359. The minimum Gasteiger partial charge on any atom is -0.389 e. The first-order valence-corrected chi connectivity index (χ1v) is 13.4. The standard InChI is InChI=1S/C34H29FN4O/c1-23(40)31-21-29(35)14-13-26(31)20-33-27(17-24-9-5-4-6-10-24)18-28-19-30(15-16-32(28)36-33)39-22-34(37-38-39)25-11-7-2-3-8-12-25/h2,4-16,18-19,21-23,40H,3,17,20H2,1H3. The molecule has 3 aromatic carbocycles. The average molecular weight is 529 g/mol. The summed E-state index contributed by atoms with van der Waals surface area (Å²) in [4.78, 5) is 5.07. The van der Waals surface area contributed by atoms with Gasteiger partial charge in [-0.2, -0.15) is 0 Å². The van der Waals surface area contributed by atoms with Crippen LogP contribution in [0.15, 0.2) is 109 Å². The molecule has 2 heterocycles. The van der Waals surface area contributed by atoms with Crippen LogP contribution in [0.4, 0.5) is 4.39 Å². The van der Waals surface area contributed by atoms with Gasteiger partial charge >= 0.3 is 0 Å². The highest BCUT2D eigenvalue weighted by Gasteiger charge is 2.15. The number of allylic oxidation sites excluding steroid dienone is 6. The molecule has 40 heavy (non-hydrogen) atoms. The summed E-state index contributed by atoms with van der Waals surface area (Å²) in [5.41, 5.74) is 8.20. The molecule has 0 saturated heterocycles. The van der Waals surface area contributed by atoms with Gasteiger partial charge in [-0.05, 0) is 78.4 Å². The number of aliphatic hydroxyl groups excluding tert-OH is 1. The molecule has 5 aromatic rings. The van der Waals surface area contributed by atoms with Crippen LogP contribution in [0.25, 0.3) is 22.2 Å². The minimum atomic E-state index is -0.779. The second-order valence-electron chi connectivity index (χ2n) is 10.1. The molecule has 0 bridgehead atoms. The highest BCUT2D eigenvalue weighted by Crippen LogP contribution is 2.27. The van der Waals surface area contributed by atoms with Gasteiger partial charge in [-0.1, -0.05) is 72.0 Å². The molecule has 0 spiro atoms. The maximum Gasteiger partial charge on any atom is 0.123 e. The molecular formula is C34H29FN4O. The Morgan fingerprint density at radius 3 is 2.67 bits per heavy atom. The lowest BCUT2D eigenvalue weighted by Crippen LogP contribution is -2.06. The van der Waals surface area contributed by atoms with Gasteiger partial charge in [-0.3, -0.25) is 4.98 Å². The Labute approximate surface area is 232 Å². The van der Waals surface area contributed by atoms with E-state index in [1.165, 1.54) is 17.7 Å². The molecule has 198 valence electrons. The van der Waals surface area contributed by atoms with E-state index < -0.39 is 6.10 Å². The van der Waals surface area contributed by atoms with Gasteiger partial charge in [-0.15, -0.1) is 5.10 Å². The Morgan fingerprint density at radius 1 is 0.950 bits per heavy atom. The molecule has 1 aliphatic carbocycles. The van der Waals surface area contributed by atoms with Crippen molar-refractivity contribution in [3.8, 4) is 5.69 Å². The van der Waals surface area contributed by atoms with Crippen LogP contribution in [-0.4, -0.2) is 25.1 Å². The summed E-state index contributed by atoms with van der Waals surface area (Å²) in [6, 6.07) is 23.1. The van der Waals surface area contributed by atoms with Crippen LogP contribution in [0.2, 0.25) is 0 Å². The molecule has 1 aliphatic rings. The molecule has 6 heteroatoms. The Balaban J connectivity index is 1.40. The molecule has 5 nitrogen and oxygen atoms in total. The Bertz CT molecular complexity index is 1770. The number of nitrogens with zero attached hydrogens (tertiary/aromatic N) is 4. The van der Waals surface area contributed by atoms with E-state index in [9.17, 15) is 9.50 Å². The van der Waals surface area contributed by atoms with Crippen molar-refractivity contribution in [2.24, 2.45) is 0 Å². The molecule has 0 radical (unpaired) electrons. The molecule has 1 N–H and O–H groups in total. The van der Waals surface area contributed by atoms with Crippen molar-refractivity contribution in [2.75, 3.05) is 0 Å². The van der Waals surface area contributed by atoms with Crippen LogP contribution in [0.1, 0.15) is 53.1 Å². The first-order chi connectivity index (χ1) is 19.5. The number of hydrogen-bond acceptors (Lipinski definition) is 4. The number of pyridine rings is 1. The van der Waals surface area contributed by atoms with Crippen LogP contribution in [0.3, 0.4) is 0 Å². The number of hydrogen-bond donors (Lipinski definition) is 1. The van der Waals surface area contributed by atoms with Crippen LogP contribution in [0.5, 0.6) is 0 Å². The van der Waals surface area contributed by atoms with E-state index in [1.807, 2.05) is 48.7 Å². The summed E-state index contributed by atoms with van der Waals surface area (Å²) in [5, 5.41) is 20.1. The fraction of sp³-hybridized carbons (Fsp3) is 0.147. The fourth-order valence-corrected chi connectivity index (χ4v) is 5.08. The van der Waals surface area contributed by atoms with E-state index in [0.29, 0.717) is 18.4 Å². The first kappa shape index (κ1) is 25.6. The molecule has 6 rings (SSSR count). The van der Waals surface area contributed by atoms with Crippen molar-refractivity contribution in [3.63, 3.8) is 0 Å². The molecule has 0 fully saturated rings. The quantitative estimate of drug-likeness (QED) is 0.245. The highest BCUT2D eigenvalue weighted by molar-refractivity contribution is 5.82. The van der Waals surface area contributed by atoms with Gasteiger partial charge in [0.1, 0.15) is 11.5 Å². The summed E-state index contributed by atoms with van der Waals surface area (Å²) < 4.78 is 15.8. The number of halogens is 1. The molecule has 2 aromatic heterocycles. The van der Waals surface area contributed by atoms with E-state index in [0.717, 1.165) is 51.1 Å². The Kier molecular flexibility index (Phi) is 7.17. The van der Waals surface area contributed by atoms with Crippen molar-refractivity contribution < 1.29 is 9.50 Å². The zero-order chi connectivity index (χ0) is 27.5. The predicted molar refractivity (Wildman–Crippen MR) is 157 cm³/mol. The Morgan fingerprint density at radius 2 is 1.82 bits per heavy atom. The SMILES string of the molecule is CC(O)c1cc(F)ccc1Cc1nc2ccc(-n3cc(C4=CC=CCC=C4)nn3)cc2cc1Cc1ccccc1. The second kappa shape index (κ2) is 11.2. The maximum atomic E-state index is 14.0. The van der Waals surface area contributed by atoms with Crippen LogP contribution in [-0.2, 0) is 12.8 Å². The van der Waals surface area contributed by atoms with Gasteiger partial charge in [0.25, 0.3) is 0 Å². The van der Waals surface area contributed by atoms with E-state index >= 15 is 0 Å². The summed E-state index contributed by atoms with van der Waals surface area (Å²) in [6.45, 7) is 1.66. The lowest BCUT2D eigenvalue weighted by molar-refractivity contribution is 0.198. The van der Waals surface area contributed by atoms with Gasteiger partial charge < -0.3 is 5.11 Å². The highest BCUT2D eigenvalue weighted by atomic mass is 19.1. The van der Waals surface area contributed by atoms with Gasteiger partial charge in [-0.25, -0.2) is 9.07 Å². The fourth-order valence-electron chi connectivity index (χ4n) is 5.08. The second-order valence-corrected chi connectivity index (χ2v) is 10.1. The van der Waals surface area contributed by atoms with Gasteiger partial charge in [0.05, 0.1) is 23.5 Å². The number of aromatic nitrogens is 4. The van der Waals surface area contributed by atoms with Crippen molar-refractivity contribution in [1.82, 2.24) is 20.0 Å². The van der Waals surface area contributed by atoms with E-state index in [2.05, 4.69) is 52.8 Å². The van der Waals surface area contributed by atoms with Gasteiger partial charge in [0.2, 0.25) is 0 Å². The summed E-state index contributed by atoms with van der Waals surface area (Å²) in [7, 11) is 0. The van der Waals surface area contributed by atoms with Gasteiger partial charge in [0.15, 0.2) is 0 Å². The van der Waals surface area contributed by atoms with Crippen molar-refractivity contribution in [1.29, 1.82) is 0 Å². The molecule has 1 unspecified atom stereocenters. The number of rotatable bonds is 7. The van der Waals surface area contributed by atoms with Crippen molar-refractivity contribution >= 4 is 16.5 Å². The van der Waals surface area contributed by atoms with Crippen LogP contribution >= 0.6 is 0 Å². The summed E-state index contributed by atoms with van der Waals surface area (Å²) >= 11 is 0. The van der Waals surface area contributed by atoms with E-state index in [-0.39, 0.29) is 5.82 Å². The summed E-state index contributed by atoms with van der Waals surface area (Å²) in [6.07, 6.45) is 13.6. The van der Waals surface area contributed by atoms with Crippen molar-refractivity contribution in [3.05, 3.63) is 149 Å². The number of fused-ring (bicyclic) bond motifs is 1. The van der Waals surface area contributed by atoms with Crippen LogP contribution < -0.4 is 0 Å².